The number of aliphatic hydroxyl groups is 1. The van der Waals surface area contributed by atoms with E-state index in [1.165, 1.54) is 12.1 Å². The highest BCUT2D eigenvalue weighted by Gasteiger charge is 2.19. The van der Waals surface area contributed by atoms with E-state index in [1.807, 2.05) is 19.1 Å². The molecule has 0 spiro atoms. The molecule has 2 rings (SSSR count). The lowest BCUT2D eigenvalue weighted by Crippen LogP contribution is -2.14. The van der Waals surface area contributed by atoms with Gasteiger partial charge in [-0.25, -0.2) is 8.42 Å². The zero-order valence-electron chi connectivity index (χ0n) is 10.8. The number of para-hydroxylation sites is 1. The van der Waals surface area contributed by atoms with Crippen molar-refractivity contribution in [2.24, 2.45) is 0 Å². The Balaban J connectivity index is 2.43. The molecule has 0 aromatic heterocycles. The number of aryl methyl sites for hydroxylation is 1. The van der Waals surface area contributed by atoms with Gasteiger partial charge < -0.3 is 5.11 Å². The van der Waals surface area contributed by atoms with E-state index in [2.05, 4.69) is 4.72 Å². The van der Waals surface area contributed by atoms with Crippen molar-refractivity contribution in [3.63, 3.8) is 0 Å². The van der Waals surface area contributed by atoms with Crippen molar-refractivity contribution in [1.82, 2.24) is 0 Å². The van der Waals surface area contributed by atoms with E-state index in [1.54, 1.807) is 18.2 Å². The van der Waals surface area contributed by atoms with Gasteiger partial charge in [0.2, 0.25) is 0 Å². The number of halogens is 1. The van der Waals surface area contributed by atoms with Gasteiger partial charge in [0.25, 0.3) is 10.0 Å². The molecule has 106 valence electrons. The summed E-state index contributed by atoms with van der Waals surface area (Å²) in [5.74, 6) is 0. The molecule has 0 saturated carbocycles. The van der Waals surface area contributed by atoms with E-state index in [4.69, 9.17) is 16.7 Å². The van der Waals surface area contributed by atoms with Crippen LogP contribution in [-0.4, -0.2) is 13.5 Å². The zero-order valence-corrected chi connectivity index (χ0v) is 12.4. The van der Waals surface area contributed by atoms with Crippen molar-refractivity contribution in [2.45, 2.75) is 18.4 Å². The molecule has 0 atom stereocenters. The van der Waals surface area contributed by atoms with Gasteiger partial charge in [0.1, 0.15) is 4.90 Å². The Kier molecular flexibility index (Phi) is 4.32. The first-order valence-electron chi connectivity index (χ1n) is 5.92. The smallest absolute Gasteiger partial charge is 0.263 e. The summed E-state index contributed by atoms with van der Waals surface area (Å²) in [6, 6.07) is 11.5. The largest absolute Gasteiger partial charge is 0.392 e. The maximum Gasteiger partial charge on any atom is 0.263 e. The van der Waals surface area contributed by atoms with Crippen LogP contribution in [0.2, 0.25) is 5.02 Å². The van der Waals surface area contributed by atoms with Gasteiger partial charge in [-0.3, -0.25) is 4.72 Å². The van der Waals surface area contributed by atoms with E-state index < -0.39 is 10.0 Å². The van der Waals surface area contributed by atoms with Gasteiger partial charge in [0, 0.05) is 0 Å². The number of hydrogen-bond acceptors (Lipinski definition) is 3. The number of aliphatic hydroxyl groups excluding tert-OH is 1. The molecule has 0 bridgehead atoms. The van der Waals surface area contributed by atoms with E-state index in [9.17, 15) is 8.42 Å². The number of rotatable bonds is 4. The summed E-state index contributed by atoms with van der Waals surface area (Å²) < 4.78 is 27.2. The molecule has 0 aliphatic heterocycles. The minimum Gasteiger partial charge on any atom is -0.392 e. The van der Waals surface area contributed by atoms with Crippen LogP contribution in [0.3, 0.4) is 0 Å². The van der Waals surface area contributed by atoms with Crippen LogP contribution in [0.1, 0.15) is 11.1 Å². The maximum atomic E-state index is 12.4. The Bertz CT molecular complexity index is 729. The summed E-state index contributed by atoms with van der Waals surface area (Å²) >= 11 is 5.94. The first-order chi connectivity index (χ1) is 9.44. The molecule has 4 nitrogen and oxygen atoms in total. The molecule has 0 aliphatic carbocycles. The van der Waals surface area contributed by atoms with E-state index >= 15 is 0 Å². The second kappa shape index (κ2) is 5.83. The molecule has 0 heterocycles. The molecule has 0 unspecified atom stereocenters. The predicted octanol–water partition coefficient (Wildman–Crippen LogP) is 2.94. The quantitative estimate of drug-likeness (QED) is 0.912. The number of anilines is 1. The number of nitrogens with one attached hydrogen (secondary N) is 1. The summed E-state index contributed by atoms with van der Waals surface area (Å²) in [6.45, 7) is 1.56. The highest BCUT2D eigenvalue weighted by atomic mass is 35.5. The van der Waals surface area contributed by atoms with Gasteiger partial charge >= 0.3 is 0 Å². The standard InChI is InChI=1S/C14H14ClNO3S/c1-10-4-2-3-5-13(10)16-20(18,19)14-8-11(9-17)6-7-12(14)15/h2-8,16-17H,9H2,1H3. The van der Waals surface area contributed by atoms with Crippen LogP contribution in [-0.2, 0) is 16.6 Å². The van der Waals surface area contributed by atoms with Crippen LogP contribution in [0.15, 0.2) is 47.4 Å². The Hall–Kier alpha value is -1.56. The molecule has 0 saturated heterocycles. The van der Waals surface area contributed by atoms with Crippen LogP contribution in [0.4, 0.5) is 5.69 Å². The minimum atomic E-state index is -3.79. The molecular formula is C14H14ClNO3S. The van der Waals surface area contributed by atoms with Gasteiger partial charge in [-0.15, -0.1) is 0 Å². The Morgan fingerprint density at radius 3 is 2.55 bits per heavy atom. The molecular weight excluding hydrogens is 298 g/mol. The van der Waals surface area contributed by atoms with Crippen molar-refractivity contribution < 1.29 is 13.5 Å². The second-order valence-corrected chi connectivity index (χ2v) is 6.40. The lowest BCUT2D eigenvalue weighted by Gasteiger charge is -2.12. The Morgan fingerprint density at radius 1 is 1.20 bits per heavy atom. The molecule has 2 aromatic carbocycles. The normalized spacial score (nSPS) is 11.3. The van der Waals surface area contributed by atoms with Gasteiger partial charge in [-0.2, -0.15) is 0 Å². The molecule has 6 heteroatoms. The number of benzene rings is 2. The van der Waals surface area contributed by atoms with Crippen molar-refractivity contribution in [2.75, 3.05) is 4.72 Å². The molecule has 20 heavy (non-hydrogen) atoms. The SMILES string of the molecule is Cc1ccccc1NS(=O)(=O)c1cc(CO)ccc1Cl. The lowest BCUT2D eigenvalue weighted by molar-refractivity contribution is 0.281. The third-order valence-corrected chi connectivity index (χ3v) is 4.70. The van der Waals surface area contributed by atoms with Gasteiger partial charge in [-0.05, 0) is 36.2 Å². The highest BCUT2D eigenvalue weighted by Crippen LogP contribution is 2.26. The fourth-order valence-electron chi connectivity index (χ4n) is 1.74. The summed E-state index contributed by atoms with van der Waals surface area (Å²) in [6.07, 6.45) is 0. The highest BCUT2D eigenvalue weighted by molar-refractivity contribution is 7.92. The van der Waals surface area contributed by atoms with Crippen LogP contribution in [0.25, 0.3) is 0 Å². The van der Waals surface area contributed by atoms with Crippen molar-refractivity contribution in [3.8, 4) is 0 Å². The lowest BCUT2D eigenvalue weighted by atomic mass is 10.2. The van der Waals surface area contributed by atoms with Crippen LogP contribution >= 0.6 is 11.6 Å². The average molecular weight is 312 g/mol. The van der Waals surface area contributed by atoms with Gasteiger partial charge in [-0.1, -0.05) is 35.9 Å². The summed E-state index contributed by atoms with van der Waals surface area (Å²) in [7, 11) is -3.79. The van der Waals surface area contributed by atoms with Crippen LogP contribution in [0.5, 0.6) is 0 Å². The summed E-state index contributed by atoms with van der Waals surface area (Å²) in [5.41, 5.74) is 1.79. The number of sulfonamides is 1. The molecule has 2 N–H and O–H groups in total. The average Bonchev–Trinajstić information content (AvgIpc) is 2.41. The second-order valence-electron chi connectivity index (χ2n) is 4.34. The fraction of sp³-hybridized carbons (Fsp3) is 0.143. The first-order valence-corrected chi connectivity index (χ1v) is 7.78. The molecule has 0 aliphatic rings. The summed E-state index contributed by atoms with van der Waals surface area (Å²) in [4.78, 5) is -0.0473. The Morgan fingerprint density at radius 2 is 1.90 bits per heavy atom. The molecule has 0 fully saturated rings. The van der Waals surface area contributed by atoms with Crippen molar-refractivity contribution in [1.29, 1.82) is 0 Å². The number of hydrogen-bond donors (Lipinski definition) is 2. The van der Waals surface area contributed by atoms with Gasteiger partial charge in [0.15, 0.2) is 0 Å². The van der Waals surface area contributed by atoms with Crippen molar-refractivity contribution >= 4 is 27.3 Å². The third kappa shape index (κ3) is 3.12. The predicted molar refractivity (Wildman–Crippen MR) is 79.4 cm³/mol. The zero-order chi connectivity index (χ0) is 14.8. The Labute approximate surface area is 123 Å². The maximum absolute atomic E-state index is 12.4. The first kappa shape index (κ1) is 14.8. The summed E-state index contributed by atoms with van der Waals surface area (Å²) in [5, 5.41) is 9.21. The third-order valence-electron chi connectivity index (χ3n) is 2.86. The molecule has 2 aromatic rings. The van der Waals surface area contributed by atoms with E-state index in [-0.39, 0.29) is 16.5 Å². The van der Waals surface area contributed by atoms with Crippen LogP contribution < -0.4 is 4.72 Å². The minimum absolute atomic E-state index is 0.0473. The van der Waals surface area contributed by atoms with E-state index in [0.717, 1.165) is 5.56 Å². The monoisotopic (exact) mass is 311 g/mol. The fourth-order valence-corrected chi connectivity index (χ4v) is 3.42. The molecule has 0 amide bonds. The van der Waals surface area contributed by atoms with Gasteiger partial charge in [0.05, 0.1) is 17.3 Å². The molecule has 0 radical (unpaired) electrons. The van der Waals surface area contributed by atoms with Crippen LogP contribution in [0, 0.1) is 6.92 Å². The van der Waals surface area contributed by atoms with Crippen molar-refractivity contribution in [3.05, 3.63) is 58.6 Å². The topological polar surface area (TPSA) is 66.4 Å². The van der Waals surface area contributed by atoms with E-state index in [0.29, 0.717) is 11.3 Å².